The van der Waals surface area contributed by atoms with Gasteiger partial charge in [0, 0.05) is 5.92 Å². The van der Waals surface area contributed by atoms with E-state index in [0.29, 0.717) is 5.56 Å². The molecule has 0 spiro atoms. The van der Waals surface area contributed by atoms with Crippen LogP contribution in [0.5, 0.6) is 0 Å². The molecule has 12 heteroatoms. The number of nitrogens with one attached hydrogen (secondary N) is 2. The number of rotatable bonds is 11. The Morgan fingerprint density at radius 3 is 2.03 bits per heavy atom. The van der Waals surface area contributed by atoms with E-state index in [1.165, 1.54) is 6.92 Å². The summed E-state index contributed by atoms with van der Waals surface area (Å²) in [5.74, 6) is -6.77. The van der Waals surface area contributed by atoms with Gasteiger partial charge in [-0.1, -0.05) is 37.3 Å². The first-order valence-electron chi connectivity index (χ1n) is 9.49. The SMILES string of the molecule is COC(=O)C(C(=O)OC)[C@H](C)[C@@H](NC(=O)[C@H](CO)NC(=O)OCc1ccccc1)C(N)=O. The van der Waals surface area contributed by atoms with Crippen molar-refractivity contribution in [2.45, 2.75) is 25.6 Å². The molecule has 3 amide bonds. The molecule has 0 aliphatic carbocycles. The highest BCUT2D eigenvalue weighted by Gasteiger charge is 2.41. The summed E-state index contributed by atoms with van der Waals surface area (Å²) in [6.07, 6.45) is -0.992. The van der Waals surface area contributed by atoms with Crippen molar-refractivity contribution in [3.63, 3.8) is 0 Å². The number of primary amides is 1. The second-order valence-corrected chi connectivity index (χ2v) is 6.71. The van der Waals surface area contributed by atoms with Crippen molar-refractivity contribution in [1.29, 1.82) is 0 Å². The molecule has 176 valence electrons. The van der Waals surface area contributed by atoms with Crippen molar-refractivity contribution in [2.75, 3.05) is 20.8 Å². The lowest BCUT2D eigenvalue weighted by molar-refractivity contribution is -0.162. The van der Waals surface area contributed by atoms with Gasteiger partial charge in [-0.15, -0.1) is 0 Å². The van der Waals surface area contributed by atoms with Gasteiger partial charge < -0.3 is 35.7 Å². The van der Waals surface area contributed by atoms with Crippen molar-refractivity contribution in [3.8, 4) is 0 Å². The van der Waals surface area contributed by atoms with E-state index in [4.69, 9.17) is 10.5 Å². The maximum atomic E-state index is 12.5. The van der Waals surface area contributed by atoms with Crippen molar-refractivity contribution >= 4 is 29.8 Å². The van der Waals surface area contributed by atoms with Crippen LogP contribution in [0, 0.1) is 11.8 Å². The van der Waals surface area contributed by atoms with E-state index in [2.05, 4.69) is 20.1 Å². The number of ether oxygens (including phenoxy) is 3. The quantitative estimate of drug-likeness (QED) is 0.182. The van der Waals surface area contributed by atoms with Crippen LogP contribution in [-0.2, 0) is 40.0 Å². The summed E-state index contributed by atoms with van der Waals surface area (Å²) in [7, 11) is 2.07. The number of hydrogen-bond donors (Lipinski definition) is 4. The van der Waals surface area contributed by atoms with E-state index in [1.807, 2.05) is 0 Å². The third kappa shape index (κ3) is 7.54. The number of nitrogens with two attached hydrogens (primary N) is 1. The van der Waals surface area contributed by atoms with Crippen LogP contribution < -0.4 is 16.4 Å². The van der Waals surface area contributed by atoms with Crippen LogP contribution in [0.2, 0.25) is 0 Å². The molecule has 0 saturated carbocycles. The molecule has 0 heterocycles. The van der Waals surface area contributed by atoms with Gasteiger partial charge in [0.05, 0.1) is 20.8 Å². The lowest BCUT2D eigenvalue weighted by Crippen LogP contribution is -2.58. The van der Waals surface area contributed by atoms with Gasteiger partial charge in [0.25, 0.3) is 0 Å². The predicted molar refractivity (Wildman–Crippen MR) is 108 cm³/mol. The first kappa shape index (κ1) is 26.4. The van der Waals surface area contributed by atoms with Gasteiger partial charge in [-0.05, 0) is 5.56 Å². The first-order chi connectivity index (χ1) is 15.2. The van der Waals surface area contributed by atoms with E-state index in [-0.39, 0.29) is 6.61 Å². The number of benzene rings is 1. The molecule has 1 aromatic rings. The highest BCUT2D eigenvalue weighted by molar-refractivity contribution is 5.97. The second-order valence-electron chi connectivity index (χ2n) is 6.71. The molecule has 0 saturated heterocycles. The van der Waals surface area contributed by atoms with Crippen LogP contribution in [0.4, 0.5) is 4.79 Å². The number of hydrogen-bond acceptors (Lipinski definition) is 9. The summed E-state index contributed by atoms with van der Waals surface area (Å²) >= 11 is 0. The molecule has 12 nitrogen and oxygen atoms in total. The summed E-state index contributed by atoms with van der Waals surface area (Å²) in [5.41, 5.74) is 6.03. The highest BCUT2D eigenvalue weighted by atomic mass is 16.6. The highest BCUT2D eigenvalue weighted by Crippen LogP contribution is 2.19. The Morgan fingerprint density at radius 2 is 1.56 bits per heavy atom. The fourth-order valence-corrected chi connectivity index (χ4v) is 2.79. The average molecular weight is 453 g/mol. The van der Waals surface area contributed by atoms with E-state index < -0.39 is 60.4 Å². The minimum atomic E-state index is -1.56. The lowest BCUT2D eigenvalue weighted by Gasteiger charge is -2.28. The molecule has 0 bridgehead atoms. The molecule has 0 unspecified atom stereocenters. The van der Waals surface area contributed by atoms with Gasteiger partial charge in [0.2, 0.25) is 11.8 Å². The third-order valence-corrected chi connectivity index (χ3v) is 4.57. The Hall–Kier alpha value is -3.67. The molecule has 32 heavy (non-hydrogen) atoms. The summed E-state index contributed by atoms with van der Waals surface area (Å²) in [4.78, 5) is 60.4. The topological polar surface area (TPSA) is 183 Å². The zero-order valence-corrected chi connectivity index (χ0v) is 17.9. The standard InChI is InChI=1S/C20H27N3O9/c1-11(14(18(27)30-2)19(28)31-3)15(16(21)25)23-17(26)13(9-24)22-20(29)32-10-12-7-5-4-6-8-12/h4-8,11,13-15,24H,9-10H2,1-3H3,(H2,21,25)(H,22,29)(H,23,26)/t11-,13-,15+/m0/s1. The smallest absolute Gasteiger partial charge is 0.408 e. The van der Waals surface area contributed by atoms with E-state index in [0.717, 1.165) is 14.2 Å². The molecule has 0 fully saturated rings. The van der Waals surface area contributed by atoms with Gasteiger partial charge >= 0.3 is 18.0 Å². The Labute approximate surface area is 184 Å². The van der Waals surface area contributed by atoms with E-state index in [1.54, 1.807) is 30.3 Å². The number of aliphatic hydroxyl groups excluding tert-OH is 1. The maximum absolute atomic E-state index is 12.5. The van der Waals surface area contributed by atoms with Gasteiger partial charge in [0.1, 0.15) is 18.7 Å². The number of carbonyl (C=O) groups excluding carboxylic acids is 5. The number of methoxy groups -OCH3 is 2. The summed E-state index contributed by atoms with van der Waals surface area (Å²) in [6, 6.07) is 5.71. The Balaban J connectivity index is 2.85. The monoisotopic (exact) mass is 453 g/mol. The molecule has 1 aromatic carbocycles. The molecule has 0 radical (unpaired) electrons. The normalized spacial score (nSPS) is 13.3. The van der Waals surface area contributed by atoms with Gasteiger partial charge in [0.15, 0.2) is 5.92 Å². The Kier molecular flexibility index (Phi) is 10.6. The van der Waals surface area contributed by atoms with E-state index in [9.17, 15) is 29.1 Å². The van der Waals surface area contributed by atoms with Crippen LogP contribution in [0.15, 0.2) is 30.3 Å². The summed E-state index contributed by atoms with van der Waals surface area (Å²) < 4.78 is 14.1. The summed E-state index contributed by atoms with van der Waals surface area (Å²) in [6.45, 7) is 0.403. The van der Waals surface area contributed by atoms with Crippen LogP contribution in [0.25, 0.3) is 0 Å². The Bertz CT molecular complexity index is 800. The van der Waals surface area contributed by atoms with Crippen molar-refractivity contribution in [1.82, 2.24) is 10.6 Å². The van der Waals surface area contributed by atoms with Crippen molar-refractivity contribution < 1.29 is 43.3 Å². The van der Waals surface area contributed by atoms with Gasteiger partial charge in [-0.3, -0.25) is 19.2 Å². The fraction of sp³-hybridized carbons (Fsp3) is 0.450. The van der Waals surface area contributed by atoms with Gasteiger partial charge in [-0.25, -0.2) is 4.79 Å². The van der Waals surface area contributed by atoms with Crippen molar-refractivity contribution in [2.24, 2.45) is 17.6 Å². The van der Waals surface area contributed by atoms with Crippen LogP contribution in [0.1, 0.15) is 12.5 Å². The van der Waals surface area contributed by atoms with Crippen LogP contribution in [-0.4, -0.2) is 67.9 Å². The fourth-order valence-electron chi connectivity index (χ4n) is 2.79. The number of aliphatic hydroxyl groups is 1. The molecule has 0 aliphatic heterocycles. The lowest BCUT2D eigenvalue weighted by atomic mass is 9.86. The number of carbonyl (C=O) groups is 5. The molecular formula is C20H27N3O9. The zero-order valence-electron chi connectivity index (χ0n) is 17.9. The second kappa shape index (κ2) is 12.9. The first-order valence-corrected chi connectivity index (χ1v) is 9.49. The summed E-state index contributed by atoms with van der Waals surface area (Å²) in [5, 5.41) is 13.9. The minimum Gasteiger partial charge on any atom is -0.468 e. The van der Waals surface area contributed by atoms with E-state index >= 15 is 0 Å². The van der Waals surface area contributed by atoms with Crippen LogP contribution >= 0.6 is 0 Å². The molecule has 5 N–H and O–H groups in total. The molecular weight excluding hydrogens is 426 g/mol. The molecule has 0 aromatic heterocycles. The number of esters is 2. The predicted octanol–water partition coefficient (Wildman–Crippen LogP) is -1.16. The average Bonchev–Trinajstić information content (AvgIpc) is 2.79. The zero-order chi connectivity index (χ0) is 24.3. The molecule has 0 aliphatic rings. The van der Waals surface area contributed by atoms with Crippen molar-refractivity contribution in [3.05, 3.63) is 35.9 Å². The minimum absolute atomic E-state index is 0.0761. The van der Waals surface area contributed by atoms with Crippen LogP contribution in [0.3, 0.4) is 0 Å². The molecule has 1 rings (SSSR count). The third-order valence-electron chi connectivity index (χ3n) is 4.57. The number of alkyl carbamates (subject to hydrolysis) is 1. The number of amides is 3. The van der Waals surface area contributed by atoms with Gasteiger partial charge in [-0.2, -0.15) is 0 Å². The molecule has 3 atom stereocenters. The largest absolute Gasteiger partial charge is 0.468 e. The maximum Gasteiger partial charge on any atom is 0.408 e. The Morgan fingerprint density at radius 1 is 1.00 bits per heavy atom.